The molecular weight excluding hydrogens is 354 g/mol. The van der Waals surface area contributed by atoms with Gasteiger partial charge in [-0.25, -0.2) is 0 Å². The van der Waals surface area contributed by atoms with Crippen LogP contribution < -0.4 is 0 Å². The second-order valence-corrected chi connectivity index (χ2v) is 3.49. The first kappa shape index (κ1) is 12.8. The van der Waals surface area contributed by atoms with E-state index in [0.717, 1.165) is 6.42 Å². The molecule has 15 heavy (non-hydrogen) atoms. The Labute approximate surface area is 118 Å². The van der Waals surface area contributed by atoms with Gasteiger partial charge in [0.1, 0.15) is 0 Å². The second-order valence-electron chi connectivity index (χ2n) is 3.49. The average Bonchev–Trinajstić information content (AvgIpc) is 2.56. The molecule has 0 spiro atoms. The van der Waals surface area contributed by atoms with Crippen LogP contribution in [-0.4, -0.2) is 41.0 Å². The van der Waals surface area contributed by atoms with Crippen molar-refractivity contribution in [3.8, 4) is 11.1 Å². The normalized spacial score (nSPS) is 10.7. The molecule has 1 aliphatic carbocycles. The maximum absolute atomic E-state index is 2.22. The predicted molar refractivity (Wildman–Crippen MR) is 71.8 cm³/mol. The van der Waals surface area contributed by atoms with E-state index in [1.54, 1.807) is 0 Å². The summed E-state index contributed by atoms with van der Waals surface area (Å²) in [7, 11) is 0. The Kier molecular flexibility index (Phi) is 4.44. The van der Waals surface area contributed by atoms with Crippen LogP contribution in [0.15, 0.2) is 48.5 Å². The Morgan fingerprint density at radius 3 is 1.53 bits per heavy atom. The van der Waals surface area contributed by atoms with Crippen molar-refractivity contribution < 1.29 is 0 Å². The minimum atomic E-state index is 0. The second kappa shape index (κ2) is 5.20. The first-order valence-electron chi connectivity index (χ1n) is 4.61. The van der Waals surface area contributed by atoms with E-state index in [-0.39, 0.29) is 41.0 Å². The number of rotatable bonds is 0. The van der Waals surface area contributed by atoms with E-state index in [9.17, 15) is 0 Å². The maximum Gasteiger partial charge on any atom is -0.00135 e. The van der Waals surface area contributed by atoms with Crippen LogP contribution in [0, 0.1) is 0 Å². The van der Waals surface area contributed by atoms with Gasteiger partial charge >= 0.3 is 41.0 Å². The topological polar surface area (TPSA) is 0 Å². The van der Waals surface area contributed by atoms with Gasteiger partial charge in [0.15, 0.2) is 0 Å². The Morgan fingerprint density at radius 1 is 0.667 bits per heavy atom. The molecule has 76 valence electrons. The van der Waals surface area contributed by atoms with Crippen molar-refractivity contribution in [1.82, 2.24) is 0 Å². The van der Waals surface area contributed by atoms with Crippen molar-refractivity contribution in [2.45, 2.75) is 6.42 Å². The molecule has 0 aliphatic heterocycles. The molecule has 0 saturated carbocycles. The molecule has 0 heterocycles. The van der Waals surface area contributed by atoms with Crippen LogP contribution in [-0.2, 0) is 6.42 Å². The summed E-state index contributed by atoms with van der Waals surface area (Å²) in [5, 5.41) is 0. The zero-order valence-corrected chi connectivity index (χ0v) is 14.7. The molecule has 2 radical (unpaired) electrons. The average molecular weight is 368 g/mol. The third-order valence-electron chi connectivity index (χ3n) is 2.71. The van der Waals surface area contributed by atoms with Gasteiger partial charge in [-0.05, 0) is 28.7 Å². The van der Waals surface area contributed by atoms with Gasteiger partial charge in [0.05, 0.1) is 0 Å². The summed E-state index contributed by atoms with van der Waals surface area (Å²) in [6, 6.07) is 17.3. The minimum absolute atomic E-state index is 0. The van der Waals surface area contributed by atoms with Crippen LogP contribution in [0.1, 0.15) is 11.1 Å². The Hall–Kier alpha value is -0.242. The summed E-state index contributed by atoms with van der Waals surface area (Å²) in [5.74, 6) is 0. The molecule has 2 heteroatoms. The third kappa shape index (κ3) is 2.15. The molecule has 0 aromatic heterocycles. The molecular formula is C13H14SeSn. The van der Waals surface area contributed by atoms with Gasteiger partial charge in [0, 0.05) is 0 Å². The van der Waals surface area contributed by atoms with Crippen molar-refractivity contribution in [2.24, 2.45) is 0 Å². The first-order valence-corrected chi connectivity index (χ1v) is 4.61. The van der Waals surface area contributed by atoms with Gasteiger partial charge in [0.2, 0.25) is 0 Å². The number of hydrogen-bond acceptors (Lipinski definition) is 0. The van der Waals surface area contributed by atoms with Gasteiger partial charge in [0.25, 0.3) is 0 Å². The molecule has 0 unspecified atom stereocenters. The van der Waals surface area contributed by atoms with Gasteiger partial charge in [-0.1, -0.05) is 48.5 Å². The Morgan fingerprint density at radius 2 is 1.07 bits per heavy atom. The van der Waals surface area contributed by atoms with Crippen molar-refractivity contribution in [3.63, 3.8) is 0 Å². The molecule has 0 fully saturated rings. The molecule has 0 N–H and O–H groups in total. The molecule has 2 aromatic carbocycles. The summed E-state index contributed by atoms with van der Waals surface area (Å²) in [4.78, 5) is 0. The summed E-state index contributed by atoms with van der Waals surface area (Å²) in [5.41, 5.74) is 5.75. The zero-order chi connectivity index (χ0) is 8.67. The standard InChI is InChI=1S/C13H10.H2Se.Sn.2H/c1-3-7-12-10(5-1)9-11-6-2-4-8-13(11)12;;;;/h1-8H,9H2;1H2;;;. The largest absolute Gasteiger partial charge is 0.0619 e. The fourth-order valence-electron chi connectivity index (χ4n) is 2.08. The quantitative estimate of drug-likeness (QED) is 0.527. The van der Waals surface area contributed by atoms with Crippen molar-refractivity contribution >= 4 is 41.0 Å². The van der Waals surface area contributed by atoms with E-state index in [1.165, 1.54) is 22.3 Å². The summed E-state index contributed by atoms with van der Waals surface area (Å²) in [6.07, 6.45) is 1.10. The van der Waals surface area contributed by atoms with Crippen LogP contribution in [0.5, 0.6) is 0 Å². The first-order chi connectivity index (χ1) is 6.45. The molecule has 0 atom stereocenters. The third-order valence-corrected chi connectivity index (χ3v) is 2.71. The maximum atomic E-state index is 2.22. The van der Waals surface area contributed by atoms with Crippen molar-refractivity contribution in [3.05, 3.63) is 59.7 Å². The SMILES string of the molecule is [SeH2].[SnH2].c1ccc2c(c1)Cc1ccccc1-2. The molecule has 3 rings (SSSR count). The summed E-state index contributed by atoms with van der Waals surface area (Å²) < 4.78 is 0. The van der Waals surface area contributed by atoms with Gasteiger partial charge < -0.3 is 0 Å². The van der Waals surface area contributed by atoms with Gasteiger partial charge in [-0.3, -0.25) is 0 Å². The fraction of sp³-hybridized carbons (Fsp3) is 0.0769. The molecule has 2 aromatic rings. The van der Waals surface area contributed by atoms with E-state index in [2.05, 4.69) is 48.5 Å². The zero-order valence-electron chi connectivity index (χ0n) is 8.53. The van der Waals surface area contributed by atoms with E-state index >= 15 is 0 Å². The van der Waals surface area contributed by atoms with E-state index in [4.69, 9.17) is 0 Å². The van der Waals surface area contributed by atoms with Crippen LogP contribution in [0.4, 0.5) is 0 Å². The smallest absolute Gasteiger partial charge is 0.00135 e. The minimum Gasteiger partial charge on any atom is -0.0619 e. The Bertz CT molecular complexity index is 422. The number of hydrogen-bond donors (Lipinski definition) is 0. The van der Waals surface area contributed by atoms with Crippen molar-refractivity contribution in [2.75, 3.05) is 0 Å². The van der Waals surface area contributed by atoms with Crippen molar-refractivity contribution in [1.29, 1.82) is 0 Å². The predicted octanol–water partition coefficient (Wildman–Crippen LogP) is 1.43. The van der Waals surface area contributed by atoms with Crippen LogP contribution in [0.25, 0.3) is 11.1 Å². The molecule has 0 saturated heterocycles. The number of benzene rings is 2. The van der Waals surface area contributed by atoms with Gasteiger partial charge in [-0.2, -0.15) is 0 Å². The fourth-order valence-corrected chi connectivity index (χ4v) is 2.08. The van der Waals surface area contributed by atoms with Crippen LogP contribution in [0.3, 0.4) is 0 Å². The van der Waals surface area contributed by atoms with E-state index in [1.807, 2.05) is 0 Å². The summed E-state index contributed by atoms with van der Waals surface area (Å²) >= 11 is 0. The summed E-state index contributed by atoms with van der Waals surface area (Å²) in [6.45, 7) is 0. The number of fused-ring (bicyclic) bond motifs is 3. The molecule has 0 amide bonds. The van der Waals surface area contributed by atoms with Crippen LogP contribution in [0.2, 0.25) is 0 Å². The molecule has 0 bridgehead atoms. The van der Waals surface area contributed by atoms with Crippen LogP contribution >= 0.6 is 0 Å². The monoisotopic (exact) mass is 370 g/mol. The van der Waals surface area contributed by atoms with Gasteiger partial charge in [-0.15, -0.1) is 0 Å². The van der Waals surface area contributed by atoms with E-state index in [0.29, 0.717) is 0 Å². The van der Waals surface area contributed by atoms with E-state index < -0.39 is 0 Å². The molecule has 0 nitrogen and oxygen atoms in total. The Balaban J connectivity index is 0.000000562. The molecule has 1 aliphatic rings.